The Hall–Kier alpha value is -1.37. The Morgan fingerprint density at radius 2 is 1.80 bits per heavy atom. The monoisotopic (exact) mass is 361 g/mol. The second-order valence-corrected chi connectivity index (χ2v) is 9.53. The van der Waals surface area contributed by atoms with Crippen molar-refractivity contribution < 1.29 is 8.42 Å². The predicted octanol–water partition coefficient (Wildman–Crippen LogP) is 3.32. The molecule has 2 fully saturated rings. The molecule has 4 rings (SSSR count). The molecule has 0 saturated carbocycles. The normalized spacial score (nSPS) is 24.8. The highest BCUT2D eigenvalue weighted by Gasteiger charge is 2.35. The minimum absolute atomic E-state index is 0.250. The van der Waals surface area contributed by atoms with E-state index in [4.69, 9.17) is 0 Å². The number of benzene rings is 1. The summed E-state index contributed by atoms with van der Waals surface area (Å²) in [5.74, 6) is 0.881. The molecule has 1 aromatic heterocycles. The van der Waals surface area contributed by atoms with Crippen molar-refractivity contribution in [2.45, 2.75) is 38.5 Å². The van der Waals surface area contributed by atoms with Crippen LogP contribution in [-0.4, -0.2) is 48.2 Å². The summed E-state index contributed by atoms with van der Waals surface area (Å²) in [6, 6.07) is 10.4. The lowest BCUT2D eigenvalue weighted by molar-refractivity contribution is 0.245. The lowest BCUT2D eigenvalue weighted by Gasteiger charge is -2.37. The van der Waals surface area contributed by atoms with Crippen LogP contribution in [0.25, 0.3) is 10.9 Å². The first-order valence-corrected chi connectivity index (χ1v) is 10.8. The highest BCUT2D eigenvalue weighted by molar-refractivity contribution is 7.86. The molecule has 3 heterocycles. The molecule has 5 nitrogen and oxygen atoms in total. The van der Waals surface area contributed by atoms with Crippen molar-refractivity contribution in [2.75, 3.05) is 26.2 Å². The van der Waals surface area contributed by atoms with Gasteiger partial charge in [0.2, 0.25) is 0 Å². The maximum atomic E-state index is 13.0. The summed E-state index contributed by atoms with van der Waals surface area (Å²) in [6.45, 7) is 4.76. The zero-order valence-electron chi connectivity index (χ0n) is 14.8. The average Bonchev–Trinajstić information content (AvgIpc) is 3.06. The van der Waals surface area contributed by atoms with Crippen LogP contribution in [0.2, 0.25) is 0 Å². The first-order chi connectivity index (χ1) is 12.0. The van der Waals surface area contributed by atoms with Gasteiger partial charge in [0.05, 0.1) is 0 Å². The van der Waals surface area contributed by atoms with Crippen molar-refractivity contribution in [1.82, 2.24) is 13.6 Å². The van der Waals surface area contributed by atoms with Crippen LogP contribution in [0.4, 0.5) is 0 Å². The molecule has 1 atom stereocenters. The topological polar surface area (TPSA) is 56.4 Å². The fraction of sp³-hybridized carbons (Fsp3) is 0.579. The molecule has 2 aliphatic rings. The van der Waals surface area contributed by atoms with E-state index in [2.05, 4.69) is 30.1 Å². The van der Waals surface area contributed by atoms with Gasteiger partial charge in [0, 0.05) is 43.3 Å². The quantitative estimate of drug-likeness (QED) is 0.912. The van der Waals surface area contributed by atoms with Gasteiger partial charge in [-0.25, -0.2) is 0 Å². The Labute approximate surface area is 150 Å². The number of aromatic nitrogens is 1. The molecule has 0 radical (unpaired) electrons. The lowest BCUT2D eigenvalue weighted by atomic mass is 9.96. The third-order valence-electron chi connectivity index (χ3n) is 5.77. The van der Waals surface area contributed by atoms with Crippen LogP contribution in [-0.2, 0) is 10.2 Å². The van der Waals surface area contributed by atoms with Crippen molar-refractivity contribution >= 4 is 21.1 Å². The molecule has 1 aromatic carbocycles. The summed E-state index contributed by atoms with van der Waals surface area (Å²) in [7, 11) is -3.33. The van der Waals surface area contributed by atoms with Gasteiger partial charge in [-0.2, -0.15) is 17.0 Å². The third-order valence-corrected chi connectivity index (χ3v) is 7.77. The van der Waals surface area contributed by atoms with Gasteiger partial charge in [0.25, 0.3) is 10.2 Å². The van der Waals surface area contributed by atoms with Crippen LogP contribution < -0.4 is 0 Å². The summed E-state index contributed by atoms with van der Waals surface area (Å²) in [4.78, 5) is 3.49. The number of fused-ring (bicyclic) bond motifs is 1. The third kappa shape index (κ3) is 3.35. The molecule has 1 unspecified atom stereocenters. The van der Waals surface area contributed by atoms with Crippen LogP contribution >= 0.6 is 0 Å². The molecule has 25 heavy (non-hydrogen) atoms. The SMILES string of the molecule is CC1CCN(S(=O)(=O)N2CCCC(c3cc4ccccc4[nH]3)C2)CC1. The van der Waals surface area contributed by atoms with Crippen LogP contribution in [0.5, 0.6) is 0 Å². The van der Waals surface area contributed by atoms with Crippen molar-refractivity contribution in [3.8, 4) is 0 Å². The first kappa shape index (κ1) is 17.1. The minimum Gasteiger partial charge on any atom is -0.358 e. The van der Waals surface area contributed by atoms with Gasteiger partial charge in [-0.05, 0) is 49.1 Å². The zero-order valence-corrected chi connectivity index (χ0v) is 15.6. The Balaban J connectivity index is 1.52. The molecule has 6 heteroatoms. The smallest absolute Gasteiger partial charge is 0.281 e. The fourth-order valence-electron chi connectivity index (χ4n) is 4.10. The van der Waals surface area contributed by atoms with E-state index in [0.717, 1.165) is 36.9 Å². The molecule has 0 aliphatic carbocycles. The molecule has 0 spiro atoms. The second-order valence-electron chi connectivity index (χ2n) is 7.60. The van der Waals surface area contributed by atoms with Crippen molar-refractivity contribution in [2.24, 2.45) is 5.92 Å². The fourth-order valence-corrected chi connectivity index (χ4v) is 5.83. The maximum absolute atomic E-state index is 13.0. The van der Waals surface area contributed by atoms with E-state index < -0.39 is 10.2 Å². The first-order valence-electron chi connectivity index (χ1n) is 9.37. The number of piperidine rings is 2. The van der Waals surface area contributed by atoms with E-state index in [-0.39, 0.29) is 5.92 Å². The van der Waals surface area contributed by atoms with Gasteiger partial charge in [-0.1, -0.05) is 25.1 Å². The van der Waals surface area contributed by atoms with Gasteiger partial charge >= 0.3 is 0 Å². The highest BCUT2D eigenvalue weighted by Crippen LogP contribution is 2.31. The number of hydrogen-bond donors (Lipinski definition) is 1. The maximum Gasteiger partial charge on any atom is 0.281 e. The van der Waals surface area contributed by atoms with E-state index >= 15 is 0 Å². The van der Waals surface area contributed by atoms with E-state index in [1.54, 1.807) is 8.61 Å². The van der Waals surface area contributed by atoms with Crippen LogP contribution in [0.3, 0.4) is 0 Å². The molecular weight excluding hydrogens is 334 g/mol. The van der Waals surface area contributed by atoms with Gasteiger partial charge in [-0.15, -0.1) is 0 Å². The number of rotatable bonds is 3. The zero-order chi connectivity index (χ0) is 17.4. The highest BCUT2D eigenvalue weighted by atomic mass is 32.2. The van der Waals surface area contributed by atoms with E-state index in [1.807, 2.05) is 12.1 Å². The van der Waals surface area contributed by atoms with Crippen molar-refractivity contribution in [3.05, 3.63) is 36.0 Å². The van der Waals surface area contributed by atoms with Crippen LogP contribution in [0.1, 0.15) is 44.2 Å². The molecule has 2 saturated heterocycles. The van der Waals surface area contributed by atoms with Crippen LogP contribution in [0, 0.1) is 5.92 Å². The van der Waals surface area contributed by atoms with Gasteiger partial charge in [-0.3, -0.25) is 0 Å². The predicted molar refractivity (Wildman–Crippen MR) is 101 cm³/mol. The number of hydrogen-bond acceptors (Lipinski definition) is 2. The summed E-state index contributed by atoms with van der Waals surface area (Å²) in [5.41, 5.74) is 2.29. The van der Waals surface area contributed by atoms with Gasteiger partial charge in [0.1, 0.15) is 0 Å². The molecular formula is C19H27N3O2S. The van der Waals surface area contributed by atoms with Gasteiger partial charge < -0.3 is 4.98 Å². The molecule has 0 amide bonds. The molecule has 2 aliphatic heterocycles. The van der Waals surface area contributed by atoms with Gasteiger partial charge in [0.15, 0.2) is 0 Å². The average molecular weight is 362 g/mol. The number of nitrogens with one attached hydrogen (secondary N) is 1. The Morgan fingerprint density at radius 1 is 1.04 bits per heavy atom. The molecule has 0 bridgehead atoms. The minimum atomic E-state index is -3.33. The summed E-state index contributed by atoms with van der Waals surface area (Å²) < 4.78 is 29.5. The van der Waals surface area contributed by atoms with E-state index in [0.29, 0.717) is 32.1 Å². The van der Waals surface area contributed by atoms with Crippen molar-refractivity contribution in [3.63, 3.8) is 0 Å². The largest absolute Gasteiger partial charge is 0.358 e. The standard InChI is InChI=1S/C19H27N3O2S/c1-15-8-11-21(12-9-15)25(23,24)22-10-4-6-17(14-22)19-13-16-5-2-3-7-18(16)20-19/h2-3,5,7,13,15,17,20H,4,6,8-12,14H2,1H3. The number of H-pyrrole nitrogens is 1. The Bertz CT molecular complexity index is 804. The number of nitrogens with zero attached hydrogens (tertiary/aromatic N) is 2. The lowest BCUT2D eigenvalue weighted by Crippen LogP contribution is -2.49. The number of aromatic amines is 1. The molecule has 2 aromatic rings. The summed E-state index contributed by atoms with van der Waals surface area (Å²) in [6.07, 6.45) is 3.90. The summed E-state index contributed by atoms with van der Waals surface area (Å²) in [5, 5.41) is 1.20. The Kier molecular flexibility index (Phi) is 4.60. The van der Waals surface area contributed by atoms with Crippen molar-refractivity contribution in [1.29, 1.82) is 0 Å². The van der Waals surface area contributed by atoms with E-state index in [1.165, 1.54) is 5.39 Å². The van der Waals surface area contributed by atoms with E-state index in [9.17, 15) is 8.42 Å². The summed E-state index contributed by atoms with van der Waals surface area (Å²) >= 11 is 0. The second kappa shape index (κ2) is 6.74. The molecule has 1 N–H and O–H groups in total. The van der Waals surface area contributed by atoms with Crippen LogP contribution in [0.15, 0.2) is 30.3 Å². The molecule has 136 valence electrons. The Morgan fingerprint density at radius 3 is 2.56 bits per heavy atom. The number of para-hydroxylation sites is 1.